The number of carbonyl (C=O) groups excluding carboxylic acids is 2. The molecule has 17 heteroatoms. The van der Waals surface area contributed by atoms with Gasteiger partial charge in [-0.25, -0.2) is 14.4 Å². The predicted molar refractivity (Wildman–Crippen MR) is 150 cm³/mol. The number of hydrogen-bond donors (Lipinski definition) is 6. The Morgan fingerprint density at radius 2 is 1.82 bits per heavy atom. The molecule has 2 aromatic carbocycles. The standard InChI is InChI=1S/C25H29N7O5.C2HF3O2/c33-22(29-15-20(23(34)35)31-25(36)37-16-17-5-2-1-3-6-17)18-7-8-21-19(13-18)14-30-32(21)12-4-9-26-24-27-10-11-28-24;3-2(4,5)1(6)7/h1-3,5-8,13-14,20H,4,9-12,15-16H2,(H,29,33)(H,31,36)(H,34,35)(H2,26,27,28);(H,6,7)/t20-;/m0./s1. The van der Waals surface area contributed by atoms with Crippen molar-refractivity contribution in [3.05, 3.63) is 65.9 Å². The molecule has 1 aromatic heterocycles. The summed E-state index contributed by atoms with van der Waals surface area (Å²) < 4.78 is 38.7. The van der Waals surface area contributed by atoms with Gasteiger partial charge in [0.2, 0.25) is 0 Å². The molecule has 2 amide bonds. The monoisotopic (exact) mass is 621 g/mol. The van der Waals surface area contributed by atoms with Crippen LogP contribution in [0.2, 0.25) is 0 Å². The van der Waals surface area contributed by atoms with Crippen LogP contribution in [0, 0.1) is 0 Å². The Bertz CT molecular complexity index is 1480. The molecule has 0 radical (unpaired) electrons. The van der Waals surface area contributed by atoms with E-state index in [9.17, 15) is 32.7 Å². The molecule has 14 nitrogen and oxygen atoms in total. The Kier molecular flexibility index (Phi) is 11.9. The molecule has 0 unspecified atom stereocenters. The third kappa shape index (κ3) is 10.5. The van der Waals surface area contributed by atoms with Gasteiger partial charge in [0.05, 0.1) is 18.3 Å². The minimum absolute atomic E-state index is 0.00206. The average molecular weight is 622 g/mol. The van der Waals surface area contributed by atoms with E-state index in [4.69, 9.17) is 14.6 Å². The number of fused-ring (bicyclic) bond motifs is 1. The van der Waals surface area contributed by atoms with Gasteiger partial charge in [0.15, 0.2) is 5.96 Å². The lowest BCUT2D eigenvalue weighted by molar-refractivity contribution is -0.192. The molecule has 0 bridgehead atoms. The highest BCUT2D eigenvalue weighted by Crippen LogP contribution is 2.16. The number of amides is 2. The zero-order valence-electron chi connectivity index (χ0n) is 23.1. The maximum absolute atomic E-state index is 12.7. The van der Waals surface area contributed by atoms with E-state index in [1.165, 1.54) is 0 Å². The molecule has 1 aliphatic heterocycles. The second-order valence-corrected chi connectivity index (χ2v) is 9.19. The number of aryl methyl sites for hydroxylation is 1. The lowest BCUT2D eigenvalue weighted by atomic mass is 10.1. The van der Waals surface area contributed by atoms with Crippen molar-refractivity contribution >= 4 is 40.8 Å². The number of rotatable bonds is 11. The summed E-state index contributed by atoms with van der Waals surface area (Å²) in [5, 5.41) is 33.0. The van der Waals surface area contributed by atoms with Crippen molar-refractivity contribution < 1.29 is 47.3 Å². The average Bonchev–Trinajstić information content (AvgIpc) is 3.66. The van der Waals surface area contributed by atoms with E-state index < -0.39 is 36.2 Å². The summed E-state index contributed by atoms with van der Waals surface area (Å²) in [6.07, 6.45) is -3.44. The first-order valence-electron chi connectivity index (χ1n) is 13.2. The van der Waals surface area contributed by atoms with Gasteiger partial charge in [-0.1, -0.05) is 30.3 Å². The van der Waals surface area contributed by atoms with Gasteiger partial charge in [-0.2, -0.15) is 18.3 Å². The molecule has 4 rings (SSSR count). The fraction of sp³-hybridized carbons (Fsp3) is 0.333. The van der Waals surface area contributed by atoms with E-state index in [1.807, 2.05) is 10.7 Å². The zero-order valence-corrected chi connectivity index (χ0v) is 23.1. The van der Waals surface area contributed by atoms with Crippen molar-refractivity contribution in [2.24, 2.45) is 4.99 Å². The van der Waals surface area contributed by atoms with Crippen molar-refractivity contribution in [2.75, 3.05) is 26.2 Å². The van der Waals surface area contributed by atoms with Crippen molar-refractivity contribution in [1.82, 2.24) is 31.0 Å². The number of alkyl carbamates (subject to hydrolysis) is 1. The summed E-state index contributed by atoms with van der Waals surface area (Å²) in [5.74, 6) is -3.69. The number of benzene rings is 2. The molecule has 1 atom stereocenters. The molecule has 0 saturated heterocycles. The van der Waals surface area contributed by atoms with E-state index >= 15 is 0 Å². The van der Waals surface area contributed by atoms with Crippen LogP contribution in [0.3, 0.4) is 0 Å². The second-order valence-electron chi connectivity index (χ2n) is 9.19. The van der Waals surface area contributed by atoms with Gasteiger partial charge in [-0.15, -0.1) is 0 Å². The van der Waals surface area contributed by atoms with Crippen molar-refractivity contribution in [1.29, 1.82) is 0 Å². The predicted octanol–water partition coefficient (Wildman–Crippen LogP) is 1.72. The third-order valence-electron chi connectivity index (χ3n) is 5.93. The number of nitrogens with one attached hydrogen (secondary N) is 4. The summed E-state index contributed by atoms with van der Waals surface area (Å²) >= 11 is 0. The summed E-state index contributed by atoms with van der Waals surface area (Å²) in [4.78, 5) is 49.4. The van der Waals surface area contributed by atoms with Crippen LogP contribution in [0.15, 0.2) is 59.7 Å². The number of aliphatic imine (C=N–C) groups is 1. The summed E-state index contributed by atoms with van der Waals surface area (Å²) in [5.41, 5.74) is 2.01. The number of halogens is 3. The van der Waals surface area contributed by atoms with Crippen molar-refractivity contribution in [3.8, 4) is 0 Å². The molecule has 2 heterocycles. The van der Waals surface area contributed by atoms with Crippen LogP contribution in [0.1, 0.15) is 22.3 Å². The number of aromatic nitrogens is 2. The summed E-state index contributed by atoms with van der Waals surface area (Å²) in [6, 6.07) is 12.8. The molecule has 0 saturated carbocycles. The van der Waals surface area contributed by atoms with Crippen molar-refractivity contribution in [2.45, 2.75) is 31.8 Å². The number of hydrogen-bond acceptors (Lipinski definition) is 9. The molecule has 236 valence electrons. The van der Waals surface area contributed by atoms with Gasteiger partial charge < -0.3 is 36.2 Å². The number of nitrogens with zero attached hydrogens (tertiary/aromatic N) is 3. The number of carbonyl (C=O) groups is 4. The number of ether oxygens (including phenoxy) is 1. The van der Waals surface area contributed by atoms with Gasteiger partial charge in [-0.05, 0) is 30.2 Å². The highest BCUT2D eigenvalue weighted by Gasteiger charge is 2.38. The van der Waals surface area contributed by atoms with Gasteiger partial charge in [-0.3, -0.25) is 14.5 Å². The smallest absolute Gasteiger partial charge is 0.480 e. The van der Waals surface area contributed by atoms with E-state index in [1.54, 1.807) is 48.7 Å². The Balaban J connectivity index is 0.000000676. The van der Waals surface area contributed by atoms with Crippen LogP contribution in [0.4, 0.5) is 18.0 Å². The first-order chi connectivity index (χ1) is 20.9. The van der Waals surface area contributed by atoms with E-state index in [0.717, 1.165) is 48.5 Å². The molecule has 0 spiro atoms. The van der Waals surface area contributed by atoms with Gasteiger partial charge in [0.25, 0.3) is 5.91 Å². The fourth-order valence-electron chi connectivity index (χ4n) is 3.76. The fourth-order valence-corrected chi connectivity index (χ4v) is 3.76. The van der Waals surface area contributed by atoms with E-state index in [-0.39, 0.29) is 13.2 Å². The first kappa shape index (κ1) is 33.2. The Hall–Kier alpha value is -5.35. The quantitative estimate of drug-likeness (QED) is 0.172. The maximum Gasteiger partial charge on any atom is 0.490 e. The highest BCUT2D eigenvalue weighted by atomic mass is 19.4. The van der Waals surface area contributed by atoms with Crippen LogP contribution in [0.5, 0.6) is 0 Å². The van der Waals surface area contributed by atoms with Crippen molar-refractivity contribution in [3.63, 3.8) is 0 Å². The molecular formula is C27H30F3N7O7. The minimum Gasteiger partial charge on any atom is -0.480 e. The van der Waals surface area contributed by atoms with Gasteiger partial charge in [0, 0.05) is 37.1 Å². The zero-order chi connectivity index (χ0) is 32.1. The van der Waals surface area contributed by atoms with Crippen LogP contribution in [-0.2, 0) is 27.5 Å². The van der Waals surface area contributed by atoms with Crippen LogP contribution >= 0.6 is 0 Å². The second kappa shape index (κ2) is 15.8. The largest absolute Gasteiger partial charge is 0.490 e. The SMILES string of the molecule is O=C(N[C@@H](CNC(=O)c1ccc2c(cnn2CCCNC2=NCCN2)c1)C(=O)O)OCc1ccccc1.O=C(O)C(F)(F)F. The Morgan fingerprint density at radius 3 is 2.45 bits per heavy atom. The maximum atomic E-state index is 12.7. The highest BCUT2D eigenvalue weighted by molar-refractivity contribution is 5.98. The minimum atomic E-state index is -5.08. The molecule has 0 aliphatic carbocycles. The normalized spacial score (nSPS) is 13.0. The molecule has 3 aromatic rings. The topological polar surface area (TPSA) is 196 Å². The lowest BCUT2D eigenvalue weighted by Gasteiger charge is -2.15. The van der Waals surface area contributed by atoms with E-state index in [2.05, 4.69) is 31.4 Å². The summed E-state index contributed by atoms with van der Waals surface area (Å²) in [7, 11) is 0. The van der Waals surface area contributed by atoms with E-state index in [0.29, 0.717) is 12.1 Å². The van der Waals surface area contributed by atoms with Crippen LogP contribution in [-0.4, -0.2) is 88.3 Å². The summed E-state index contributed by atoms with van der Waals surface area (Å²) in [6.45, 7) is 2.79. The third-order valence-corrected chi connectivity index (χ3v) is 5.93. The molecule has 0 fully saturated rings. The first-order valence-corrected chi connectivity index (χ1v) is 13.2. The van der Waals surface area contributed by atoms with Crippen LogP contribution in [0.25, 0.3) is 10.9 Å². The Labute approximate surface area is 248 Å². The molecular weight excluding hydrogens is 591 g/mol. The molecule has 44 heavy (non-hydrogen) atoms. The number of alkyl halides is 3. The van der Waals surface area contributed by atoms with Gasteiger partial charge >= 0.3 is 24.2 Å². The molecule has 6 N–H and O–H groups in total. The lowest BCUT2D eigenvalue weighted by Crippen LogP contribution is -2.48. The number of carboxylic acid groups (broad SMARTS) is 2. The number of carboxylic acids is 2. The van der Waals surface area contributed by atoms with Crippen LogP contribution < -0.4 is 21.3 Å². The Morgan fingerprint density at radius 1 is 1.09 bits per heavy atom. The number of guanidine groups is 1. The number of aliphatic carboxylic acids is 2. The van der Waals surface area contributed by atoms with Gasteiger partial charge in [0.1, 0.15) is 12.6 Å². The molecule has 1 aliphatic rings.